The smallest absolute Gasteiger partial charge is 0.135 e. The topological polar surface area (TPSA) is 112 Å². The van der Waals surface area contributed by atoms with Crippen LogP contribution in [0.4, 0.5) is 0 Å². The second kappa shape index (κ2) is 6.10. The van der Waals surface area contributed by atoms with Gasteiger partial charge in [-0.25, -0.2) is 4.98 Å². The van der Waals surface area contributed by atoms with Crippen LogP contribution in [-0.2, 0) is 0 Å². The van der Waals surface area contributed by atoms with Gasteiger partial charge in [-0.1, -0.05) is 6.07 Å². The Bertz CT molecular complexity index is 1440. The molecule has 6 aromatic heterocycles. The van der Waals surface area contributed by atoms with Crippen LogP contribution in [0.3, 0.4) is 0 Å². The molecule has 8 nitrogen and oxygen atoms in total. The molecule has 0 saturated carbocycles. The molecule has 8 heteroatoms. The van der Waals surface area contributed by atoms with Gasteiger partial charge in [0, 0.05) is 35.1 Å². The first-order valence-electron chi connectivity index (χ1n) is 9.10. The average molecular weight is 378 g/mol. The van der Waals surface area contributed by atoms with Crippen molar-refractivity contribution in [3.63, 3.8) is 0 Å². The number of nitrogens with one attached hydrogen (secondary N) is 3. The summed E-state index contributed by atoms with van der Waals surface area (Å²) in [6.45, 7) is 0. The van der Waals surface area contributed by atoms with E-state index in [0.29, 0.717) is 0 Å². The molecule has 6 rings (SSSR count). The predicted octanol–water partition coefficient (Wildman–Crippen LogP) is 3.95. The summed E-state index contributed by atoms with van der Waals surface area (Å²) in [4.78, 5) is 17.2. The van der Waals surface area contributed by atoms with Crippen LogP contribution < -0.4 is 0 Å². The van der Waals surface area contributed by atoms with Gasteiger partial charge < -0.3 is 4.98 Å². The van der Waals surface area contributed by atoms with Crippen LogP contribution in [0.1, 0.15) is 0 Å². The molecule has 0 spiro atoms. The van der Waals surface area contributed by atoms with Crippen molar-refractivity contribution in [2.45, 2.75) is 0 Å². The average Bonchev–Trinajstić information content (AvgIpc) is 3.52. The lowest BCUT2D eigenvalue weighted by Crippen LogP contribution is -1.86. The van der Waals surface area contributed by atoms with Crippen molar-refractivity contribution in [1.29, 1.82) is 0 Å². The van der Waals surface area contributed by atoms with Crippen molar-refractivity contribution < 1.29 is 0 Å². The summed E-state index contributed by atoms with van der Waals surface area (Å²) in [7, 11) is 0. The van der Waals surface area contributed by atoms with Crippen molar-refractivity contribution in [3.8, 4) is 34.0 Å². The van der Waals surface area contributed by atoms with Gasteiger partial charge in [0.2, 0.25) is 0 Å². The van der Waals surface area contributed by atoms with Crippen molar-refractivity contribution in [2.75, 3.05) is 0 Å². The fourth-order valence-electron chi connectivity index (χ4n) is 3.53. The number of hydrogen-bond acceptors (Lipinski definition) is 5. The molecule has 6 heterocycles. The first-order chi connectivity index (χ1) is 14.4. The molecule has 138 valence electrons. The van der Waals surface area contributed by atoms with E-state index in [1.807, 2.05) is 48.7 Å². The van der Waals surface area contributed by atoms with Gasteiger partial charge in [-0.05, 0) is 36.4 Å². The molecule has 0 aromatic carbocycles. The zero-order chi connectivity index (χ0) is 19.2. The van der Waals surface area contributed by atoms with Crippen LogP contribution in [0, 0.1) is 0 Å². The number of H-pyrrole nitrogens is 3. The summed E-state index contributed by atoms with van der Waals surface area (Å²) >= 11 is 0. The number of nitrogens with zero attached hydrogens (tertiary/aromatic N) is 5. The Hall–Kier alpha value is -4.33. The zero-order valence-electron chi connectivity index (χ0n) is 15.1. The summed E-state index contributed by atoms with van der Waals surface area (Å²) in [5.74, 6) is 0. The summed E-state index contributed by atoms with van der Waals surface area (Å²) in [5.41, 5.74) is 7.68. The molecular formula is C21H14N8. The molecule has 0 aliphatic heterocycles. The summed E-state index contributed by atoms with van der Waals surface area (Å²) in [5, 5.41) is 15.4. The highest BCUT2D eigenvalue weighted by molar-refractivity contribution is 5.98. The van der Waals surface area contributed by atoms with E-state index in [2.05, 4.69) is 35.3 Å². The number of aromatic amines is 3. The van der Waals surface area contributed by atoms with Gasteiger partial charge in [-0.2, -0.15) is 10.2 Å². The van der Waals surface area contributed by atoms with Crippen molar-refractivity contribution in [1.82, 2.24) is 40.3 Å². The summed E-state index contributed by atoms with van der Waals surface area (Å²) in [6.07, 6.45) is 7.12. The highest BCUT2D eigenvalue weighted by Gasteiger charge is 2.16. The van der Waals surface area contributed by atoms with Crippen LogP contribution in [0.5, 0.6) is 0 Å². The first kappa shape index (κ1) is 15.7. The molecule has 0 fully saturated rings. The molecule has 0 aliphatic rings. The Morgan fingerprint density at radius 3 is 2.69 bits per heavy atom. The van der Waals surface area contributed by atoms with Crippen molar-refractivity contribution >= 4 is 21.9 Å². The quantitative estimate of drug-likeness (QED) is 0.432. The van der Waals surface area contributed by atoms with E-state index in [0.717, 1.165) is 56.0 Å². The fourth-order valence-corrected chi connectivity index (χ4v) is 3.53. The standard InChI is InChI=1S/C21H14N8/c1-2-7-22-16(3-1)19-13-9-18(26-15(13)6-8-23-19)21-20-17(28-29-21)5-4-14(27-20)12-10-24-25-11-12/h1-11,26H,(H,24,25)(H,28,29). The minimum atomic E-state index is 0.758. The molecule has 0 unspecified atom stereocenters. The predicted molar refractivity (Wildman–Crippen MR) is 110 cm³/mol. The van der Waals surface area contributed by atoms with E-state index < -0.39 is 0 Å². The van der Waals surface area contributed by atoms with Gasteiger partial charge in [-0.3, -0.25) is 20.2 Å². The number of fused-ring (bicyclic) bond motifs is 2. The largest absolute Gasteiger partial charge is 0.353 e. The molecule has 29 heavy (non-hydrogen) atoms. The maximum Gasteiger partial charge on any atom is 0.135 e. The van der Waals surface area contributed by atoms with Gasteiger partial charge in [0.15, 0.2) is 0 Å². The van der Waals surface area contributed by atoms with Crippen LogP contribution in [0.2, 0.25) is 0 Å². The zero-order valence-corrected chi connectivity index (χ0v) is 15.1. The van der Waals surface area contributed by atoms with Gasteiger partial charge in [0.25, 0.3) is 0 Å². The Labute approximate surface area is 164 Å². The fraction of sp³-hybridized carbons (Fsp3) is 0. The third-order valence-corrected chi connectivity index (χ3v) is 4.91. The highest BCUT2D eigenvalue weighted by Crippen LogP contribution is 2.32. The van der Waals surface area contributed by atoms with Gasteiger partial charge in [0.05, 0.1) is 34.5 Å². The normalized spacial score (nSPS) is 11.4. The van der Waals surface area contributed by atoms with E-state index in [9.17, 15) is 0 Å². The Morgan fingerprint density at radius 2 is 1.83 bits per heavy atom. The summed E-state index contributed by atoms with van der Waals surface area (Å²) < 4.78 is 0. The molecule has 6 aromatic rings. The Balaban J connectivity index is 1.54. The molecule has 0 bridgehead atoms. The lowest BCUT2D eigenvalue weighted by molar-refractivity contribution is 1.09. The molecule has 3 N–H and O–H groups in total. The first-order valence-corrected chi connectivity index (χ1v) is 9.10. The molecule has 0 saturated heterocycles. The SMILES string of the molecule is c1ccc(-c2nccc3[nH]c(-c4n[nH]c5ccc(-c6cn[nH]c6)nc45)cc23)nc1. The van der Waals surface area contributed by atoms with E-state index >= 15 is 0 Å². The van der Waals surface area contributed by atoms with E-state index in [-0.39, 0.29) is 0 Å². The minimum absolute atomic E-state index is 0.758. The van der Waals surface area contributed by atoms with Gasteiger partial charge >= 0.3 is 0 Å². The second-order valence-corrected chi connectivity index (χ2v) is 6.67. The van der Waals surface area contributed by atoms with Crippen LogP contribution in [0.25, 0.3) is 56.0 Å². The minimum Gasteiger partial charge on any atom is -0.353 e. The van der Waals surface area contributed by atoms with E-state index in [4.69, 9.17) is 4.98 Å². The number of rotatable bonds is 3. The molecular weight excluding hydrogens is 364 g/mol. The lowest BCUT2D eigenvalue weighted by atomic mass is 10.1. The molecule has 0 radical (unpaired) electrons. The second-order valence-electron chi connectivity index (χ2n) is 6.67. The summed E-state index contributed by atoms with van der Waals surface area (Å²) in [6, 6.07) is 13.7. The van der Waals surface area contributed by atoms with Crippen LogP contribution >= 0.6 is 0 Å². The Morgan fingerprint density at radius 1 is 0.828 bits per heavy atom. The highest BCUT2D eigenvalue weighted by atomic mass is 15.1. The third kappa shape index (κ3) is 2.50. The maximum absolute atomic E-state index is 4.80. The Kier molecular flexibility index (Phi) is 3.30. The van der Waals surface area contributed by atoms with Gasteiger partial charge in [0.1, 0.15) is 11.2 Å². The van der Waals surface area contributed by atoms with E-state index in [1.54, 1.807) is 18.6 Å². The lowest BCUT2D eigenvalue weighted by Gasteiger charge is -2.00. The molecule has 0 aliphatic carbocycles. The maximum atomic E-state index is 4.80. The number of hydrogen-bond donors (Lipinski definition) is 3. The van der Waals surface area contributed by atoms with Crippen LogP contribution in [0.15, 0.2) is 67.3 Å². The molecule has 0 atom stereocenters. The van der Waals surface area contributed by atoms with Crippen molar-refractivity contribution in [2.24, 2.45) is 0 Å². The number of pyridine rings is 3. The van der Waals surface area contributed by atoms with Crippen LogP contribution in [-0.4, -0.2) is 40.3 Å². The monoisotopic (exact) mass is 378 g/mol. The number of aromatic nitrogens is 8. The third-order valence-electron chi connectivity index (χ3n) is 4.91. The molecule has 0 amide bonds. The van der Waals surface area contributed by atoms with E-state index in [1.165, 1.54) is 0 Å². The van der Waals surface area contributed by atoms with Crippen molar-refractivity contribution in [3.05, 3.63) is 67.3 Å². The van der Waals surface area contributed by atoms with Gasteiger partial charge in [-0.15, -0.1) is 0 Å².